The van der Waals surface area contributed by atoms with Gasteiger partial charge in [0.25, 0.3) is 0 Å². The molecule has 1 rings (SSSR count). The van der Waals surface area contributed by atoms with Crippen molar-refractivity contribution in [3.63, 3.8) is 0 Å². The second kappa shape index (κ2) is 6.59. The fraction of sp³-hybridized carbons (Fsp3) is 0.538. The monoisotopic (exact) mass is 206 g/mol. The zero-order chi connectivity index (χ0) is 11.1. The standard InChI is InChI=1S/C13H22N2/c1-2-11-3-5-12(6-4-11)7-8-13(9-14)10-15/h3-6,13H,2,7-10,14-15H2,1H3. The smallest absolute Gasteiger partial charge is 0.00367 e. The Bertz CT molecular complexity index is 262. The van der Waals surface area contributed by atoms with Crippen molar-refractivity contribution < 1.29 is 0 Å². The molecule has 2 heteroatoms. The molecule has 0 aliphatic rings. The van der Waals surface area contributed by atoms with Crippen molar-refractivity contribution in [1.82, 2.24) is 0 Å². The van der Waals surface area contributed by atoms with Gasteiger partial charge in [-0.1, -0.05) is 31.2 Å². The van der Waals surface area contributed by atoms with Crippen LogP contribution in [0, 0.1) is 5.92 Å². The number of hydrogen-bond donors (Lipinski definition) is 2. The maximum Gasteiger partial charge on any atom is -0.00367 e. The van der Waals surface area contributed by atoms with Gasteiger partial charge in [-0.25, -0.2) is 0 Å². The summed E-state index contributed by atoms with van der Waals surface area (Å²) in [5.74, 6) is 0.468. The highest BCUT2D eigenvalue weighted by Gasteiger charge is 2.04. The van der Waals surface area contributed by atoms with E-state index in [0.29, 0.717) is 19.0 Å². The van der Waals surface area contributed by atoms with Crippen molar-refractivity contribution in [2.75, 3.05) is 13.1 Å². The Balaban J connectivity index is 2.43. The number of nitrogens with two attached hydrogens (primary N) is 2. The van der Waals surface area contributed by atoms with Crippen LogP contribution in [0.25, 0.3) is 0 Å². The van der Waals surface area contributed by atoms with Crippen molar-refractivity contribution in [2.45, 2.75) is 26.2 Å². The summed E-state index contributed by atoms with van der Waals surface area (Å²) in [5.41, 5.74) is 14.0. The van der Waals surface area contributed by atoms with Gasteiger partial charge in [-0.3, -0.25) is 0 Å². The minimum absolute atomic E-state index is 0.468. The Morgan fingerprint density at radius 3 is 2.00 bits per heavy atom. The predicted molar refractivity (Wildman–Crippen MR) is 65.7 cm³/mol. The zero-order valence-electron chi connectivity index (χ0n) is 9.58. The molecular weight excluding hydrogens is 184 g/mol. The lowest BCUT2D eigenvalue weighted by Crippen LogP contribution is -2.23. The van der Waals surface area contributed by atoms with E-state index in [1.807, 2.05) is 0 Å². The van der Waals surface area contributed by atoms with Crippen molar-refractivity contribution in [1.29, 1.82) is 0 Å². The van der Waals surface area contributed by atoms with E-state index < -0.39 is 0 Å². The third kappa shape index (κ3) is 4.02. The zero-order valence-corrected chi connectivity index (χ0v) is 9.58. The van der Waals surface area contributed by atoms with Gasteiger partial charge in [-0.15, -0.1) is 0 Å². The Kier molecular flexibility index (Phi) is 5.37. The van der Waals surface area contributed by atoms with Gasteiger partial charge in [-0.2, -0.15) is 0 Å². The van der Waals surface area contributed by atoms with Crippen LogP contribution in [0.1, 0.15) is 24.5 Å². The number of hydrogen-bond acceptors (Lipinski definition) is 2. The Hall–Kier alpha value is -0.860. The van der Waals surface area contributed by atoms with Gasteiger partial charge >= 0.3 is 0 Å². The lowest BCUT2D eigenvalue weighted by atomic mass is 9.99. The fourth-order valence-electron chi connectivity index (χ4n) is 1.64. The second-order valence-electron chi connectivity index (χ2n) is 4.05. The number of benzene rings is 1. The molecule has 0 bridgehead atoms. The Morgan fingerprint density at radius 1 is 1.00 bits per heavy atom. The van der Waals surface area contributed by atoms with Gasteiger partial charge in [0.05, 0.1) is 0 Å². The van der Waals surface area contributed by atoms with E-state index in [-0.39, 0.29) is 0 Å². The molecular formula is C13H22N2. The van der Waals surface area contributed by atoms with Crippen molar-refractivity contribution in [2.24, 2.45) is 17.4 Å². The average molecular weight is 206 g/mol. The molecule has 1 aromatic rings. The third-order valence-electron chi connectivity index (χ3n) is 2.94. The Morgan fingerprint density at radius 2 is 1.53 bits per heavy atom. The molecule has 0 radical (unpaired) electrons. The summed E-state index contributed by atoms with van der Waals surface area (Å²) < 4.78 is 0. The van der Waals surface area contributed by atoms with Gasteiger partial charge in [0, 0.05) is 0 Å². The van der Waals surface area contributed by atoms with Gasteiger partial charge in [0.1, 0.15) is 0 Å². The van der Waals surface area contributed by atoms with Crippen LogP contribution in [0.4, 0.5) is 0 Å². The predicted octanol–water partition coefficient (Wildman–Crippen LogP) is 1.72. The molecule has 0 spiro atoms. The maximum absolute atomic E-state index is 5.61. The normalized spacial score (nSPS) is 10.9. The van der Waals surface area contributed by atoms with E-state index in [4.69, 9.17) is 11.5 Å². The molecule has 1 aromatic carbocycles. The van der Waals surface area contributed by atoms with E-state index in [2.05, 4.69) is 31.2 Å². The number of rotatable bonds is 6. The van der Waals surface area contributed by atoms with E-state index in [9.17, 15) is 0 Å². The molecule has 4 N–H and O–H groups in total. The molecule has 0 amide bonds. The van der Waals surface area contributed by atoms with Crippen LogP contribution in [-0.4, -0.2) is 13.1 Å². The number of aryl methyl sites for hydroxylation is 2. The van der Waals surface area contributed by atoms with Crippen LogP contribution in [0.3, 0.4) is 0 Å². The van der Waals surface area contributed by atoms with Crippen LogP contribution in [0.5, 0.6) is 0 Å². The summed E-state index contributed by atoms with van der Waals surface area (Å²) in [5, 5.41) is 0. The van der Waals surface area contributed by atoms with Crippen molar-refractivity contribution >= 4 is 0 Å². The van der Waals surface area contributed by atoms with E-state index in [0.717, 1.165) is 19.3 Å². The Labute approximate surface area is 92.7 Å². The largest absolute Gasteiger partial charge is 0.330 e. The first-order valence-corrected chi connectivity index (χ1v) is 5.78. The molecule has 0 fully saturated rings. The van der Waals surface area contributed by atoms with Crippen LogP contribution in [0.15, 0.2) is 24.3 Å². The highest BCUT2D eigenvalue weighted by molar-refractivity contribution is 5.22. The summed E-state index contributed by atoms with van der Waals surface area (Å²) >= 11 is 0. The molecule has 0 unspecified atom stereocenters. The molecule has 0 aliphatic carbocycles. The minimum Gasteiger partial charge on any atom is -0.330 e. The van der Waals surface area contributed by atoms with Gasteiger partial charge in [0.15, 0.2) is 0 Å². The molecule has 0 heterocycles. The van der Waals surface area contributed by atoms with Crippen molar-refractivity contribution in [3.8, 4) is 0 Å². The summed E-state index contributed by atoms with van der Waals surface area (Å²) in [6.07, 6.45) is 3.29. The van der Waals surface area contributed by atoms with Gasteiger partial charge < -0.3 is 11.5 Å². The molecule has 0 aromatic heterocycles. The SMILES string of the molecule is CCc1ccc(CCC(CN)CN)cc1. The molecule has 2 nitrogen and oxygen atoms in total. The molecule has 15 heavy (non-hydrogen) atoms. The molecule has 0 atom stereocenters. The van der Waals surface area contributed by atoms with Gasteiger partial charge in [0.2, 0.25) is 0 Å². The summed E-state index contributed by atoms with van der Waals surface area (Å²) in [7, 11) is 0. The first kappa shape index (κ1) is 12.2. The highest BCUT2D eigenvalue weighted by Crippen LogP contribution is 2.10. The van der Waals surface area contributed by atoms with Crippen LogP contribution in [0.2, 0.25) is 0 Å². The third-order valence-corrected chi connectivity index (χ3v) is 2.94. The quantitative estimate of drug-likeness (QED) is 0.744. The van der Waals surface area contributed by atoms with Crippen LogP contribution >= 0.6 is 0 Å². The van der Waals surface area contributed by atoms with E-state index >= 15 is 0 Å². The second-order valence-corrected chi connectivity index (χ2v) is 4.05. The topological polar surface area (TPSA) is 52.0 Å². The average Bonchev–Trinajstić information content (AvgIpc) is 2.31. The van der Waals surface area contributed by atoms with Crippen LogP contribution < -0.4 is 11.5 Å². The summed E-state index contributed by atoms with van der Waals surface area (Å²) in [6, 6.07) is 8.83. The molecule has 84 valence electrons. The lowest BCUT2D eigenvalue weighted by molar-refractivity contribution is 0.508. The summed E-state index contributed by atoms with van der Waals surface area (Å²) in [4.78, 5) is 0. The van der Waals surface area contributed by atoms with E-state index in [1.165, 1.54) is 11.1 Å². The van der Waals surface area contributed by atoms with Crippen LogP contribution in [-0.2, 0) is 12.8 Å². The lowest BCUT2D eigenvalue weighted by Gasteiger charge is -2.11. The first-order chi connectivity index (χ1) is 7.30. The molecule has 0 aliphatic heterocycles. The highest BCUT2D eigenvalue weighted by atomic mass is 14.6. The molecule has 0 saturated heterocycles. The fourth-order valence-corrected chi connectivity index (χ4v) is 1.64. The van der Waals surface area contributed by atoms with Crippen molar-refractivity contribution in [3.05, 3.63) is 35.4 Å². The molecule has 0 saturated carbocycles. The summed E-state index contributed by atoms with van der Waals surface area (Å²) in [6.45, 7) is 3.57. The first-order valence-electron chi connectivity index (χ1n) is 5.78. The van der Waals surface area contributed by atoms with E-state index in [1.54, 1.807) is 0 Å². The van der Waals surface area contributed by atoms with Gasteiger partial charge in [-0.05, 0) is 49.4 Å². The maximum atomic E-state index is 5.61. The minimum atomic E-state index is 0.468.